The fourth-order valence-corrected chi connectivity index (χ4v) is 1.92. The molecule has 0 N–H and O–H groups in total. The Hall–Kier alpha value is -1.35. The third kappa shape index (κ3) is 1.75. The van der Waals surface area contributed by atoms with E-state index in [0.717, 1.165) is 11.5 Å². The molecule has 0 aliphatic rings. The van der Waals surface area contributed by atoms with E-state index < -0.39 is 0 Å². The second kappa shape index (κ2) is 3.66. The standard InChI is InChI=1S/C11H12ClN3/c1-7-4-5-10(8(2)6-7)15-9(3)13-14-11(15)12/h4-6H,1-3H3. The smallest absolute Gasteiger partial charge is 0.229 e. The molecule has 0 aliphatic carbocycles. The maximum Gasteiger partial charge on any atom is 0.229 e. The molecule has 1 heterocycles. The highest BCUT2D eigenvalue weighted by molar-refractivity contribution is 6.28. The molecule has 0 atom stereocenters. The molecule has 0 aliphatic heterocycles. The SMILES string of the molecule is Cc1ccc(-n2c(C)nnc2Cl)c(C)c1. The monoisotopic (exact) mass is 221 g/mol. The summed E-state index contributed by atoms with van der Waals surface area (Å²) in [5, 5.41) is 8.17. The average molecular weight is 222 g/mol. The van der Waals surface area contributed by atoms with E-state index in [1.54, 1.807) is 0 Å². The van der Waals surface area contributed by atoms with Gasteiger partial charge in [0.2, 0.25) is 5.28 Å². The molecule has 78 valence electrons. The molecule has 2 aromatic rings. The van der Waals surface area contributed by atoms with Gasteiger partial charge in [0.1, 0.15) is 5.82 Å². The van der Waals surface area contributed by atoms with Crippen LogP contribution in [-0.2, 0) is 0 Å². The van der Waals surface area contributed by atoms with Crippen LogP contribution in [0, 0.1) is 20.8 Å². The zero-order valence-electron chi connectivity index (χ0n) is 8.95. The lowest BCUT2D eigenvalue weighted by atomic mass is 10.1. The van der Waals surface area contributed by atoms with Crippen LogP contribution in [-0.4, -0.2) is 14.8 Å². The first-order chi connectivity index (χ1) is 7.09. The summed E-state index contributed by atoms with van der Waals surface area (Å²) in [5.74, 6) is 0.798. The lowest BCUT2D eigenvalue weighted by Gasteiger charge is -2.09. The molecule has 1 aromatic heterocycles. The van der Waals surface area contributed by atoms with Gasteiger partial charge in [-0.3, -0.25) is 4.57 Å². The van der Waals surface area contributed by atoms with E-state index in [4.69, 9.17) is 11.6 Å². The maximum atomic E-state index is 5.98. The van der Waals surface area contributed by atoms with Gasteiger partial charge in [0.25, 0.3) is 0 Å². The van der Waals surface area contributed by atoms with Crippen molar-refractivity contribution in [2.45, 2.75) is 20.8 Å². The first-order valence-electron chi connectivity index (χ1n) is 4.75. The fourth-order valence-electron chi connectivity index (χ4n) is 1.67. The minimum atomic E-state index is 0.402. The highest BCUT2D eigenvalue weighted by Gasteiger charge is 2.10. The Bertz CT molecular complexity index is 483. The van der Waals surface area contributed by atoms with Gasteiger partial charge in [0.15, 0.2) is 0 Å². The third-order valence-electron chi connectivity index (χ3n) is 2.38. The van der Waals surface area contributed by atoms with Crippen LogP contribution < -0.4 is 0 Å². The van der Waals surface area contributed by atoms with Crippen LogP contribution >= 0.6 is 11.6 Å². The highest BCUT2D eigenvalue weighted by Crippen LogP contribution is 2.20. The summed E-state index contributed by atoms with van der Waals surface area (Å²) in [6, 6.07) is 6.20. The molecule has 0 unspecified atom stereocenters. The molecule has 0 spiro atoms. The molecular weight excluding hydrogens is 210 g/mol. The Morgan fingerprint density at radius 1 is 1.13 bits per heavy atom. The molecule has 3 nitrogen and oxygen atoms in total. The number of aryl methyl sites for hydroxylation is 3. The molecule has 0 radical (unpaired) electrons. The molecule has 0 bridgehead atoms. The summed E-state index contributed by atoms with van der Waals surface area (Å²) in [6.07, 6.45) is 0. The quantitative estimate of drug-likeness (QED) is 0.742. The van der Waals surface area contributed by atoms with Gasteiger partial charge < -0.3 is 0 Å². The van der Waals surface area contributed by atoms with Crippen molar-refractivity contribution in [3.63, 3.8) is 0 Å². The first-order valence-corrected chi connectivity index (χ1v) is 5.12. The maximum absolute atomic E-state index is 5.98. The topological polar surface area (TPSA) is 30.7 Å². The first kappa shape index (κ1) is 10.2. The molecule has 2 rings (SSSR count). The van der Waals surface area contributed by atoms with Gasteiger partial charge in [-0.2, -0.15) is 0 Å². The molecule has 0 saturated carbocycles. The highest BCUT2D eigenvalue weighted by atomic mass is 35.5. The van der Waals surface area contributed by atoms with Gasteiger partial charge in [-0.1, -0.05) is 17.7 Å². The van der Waals surface area contributed by atoms with Crippen LogP contribution in [0.4, 0.5) is 0 Å². The molecule has 0 saturated heterocycles. The van der Waals surface area contributed by atoms with Crippen LogP contribution in [0.1, 0.15) is 17.0 Å². The summed E-state index contributed by atoms with van der Waals surface area (Å²) in [4.78, 5) is 0. The van der Waals surface area contributed by atoms with Gasteiger partial charge in [-0.25, -0.2) is 0 Å². The van der Waals surface area contributed by atoms with Crippen molar-refractivity contribution in [2.75, 3.05) is 0 Å². The molecule has 4 heteroatoms. The Morgan fingerprint density at radius 3 is 2.40 bits per heavy atom. The van der Waals surface area contributed by atoms with E-state index in [0.29, 0.717) is 5.28 Å². The number of rotatable bonds is 1. The number of hydrogen-bond donors (Lipinski definition) is 0. The number of nitrogens with zero attached hydrogens (tertiary/aromatic N) is 3. The summed E-state index contributed by atoms with van der Waals surface area (Å²) in [5.41, 5.74) is 3.44. The van der Waals surface area contributed by atoms with Crippen LogP contribution in [0.5, 0.6) is 0 Å². The van der Waals surface area contributed by atoms with Crippen LogP contribution in [0.25, 0.3) is 5.69 Å². The average Bonchev–Trinajstić information content (AvgIpc) is 2.48. The molecule has 1 aromatic carbocycles. The Kier molecular flexibility index (Phi) is 2.49. The second-order valence-corrected chi connectivity index (χ2v) is 3.98. The number of halogens is 1. The van der Waals surface area contributed by atoms with Crippen LogP contribution in [0.15, 0.2) is 18.2 Å². The van der Waals surface area contributed by atoms with Crippen molar-refractivity contribution in [3.05, 3.63) is 40.4 Å². The minimum Gasteiger partial charge on any atom is -0.270 e. The number of benzene rings is 1. The summed E-state index contributed by atoms with van der Waals surface area (Å²) >= 11 is 5.98. The lowest BCUT2D eigenvalue weighted by Crippen LogP contribution is -2.00. The summed E-state index contributed by atoms with van der Waals surface area (Å²) in [6.45, 7) is 6.01. The Labute approximate surface area is 93.7 Å². The van der Waals surface area contributed by atoms with Gasteiger partial charge in [0.05, 0.1) is 5.69 Å². The van der Waals surface area contributed by atoms with Crippen molar-refractivity contribution < 1.29 is 0 Å². The summed E-state index contributed by atoms with van der Waals surface area (Å²) in [7, 11) is 0. The Balaban J connectivity index is 2.64. The Morgan fingerprint density at radius 2 is 1.87 bits per heavy atom. The zero-order chi connectivity index (χ0) is 11.0. The van der Waals surface area contributed by atoms with E-state index in [1.807, 2.05) is 17.6 Å². The van der Waals surface area contributed by atoms with E-state index in [-0.39, 0.29) is 0 Å². The predicted molar refractivity (Wildman–Crippen MR) is 60.6 cm³/mol. The van der Waals surface area contributed by atoms with Crippen LogP contribution in [0.3, 0.4) is 0 Å². The zero-order valence-corrected chi connectivity index (χ0v) is 9.71. The normalized spacial score (nSPS) is 10.7. The van der Waals surface area contributed by atoms with E-state index in [9.17, 15) is 0 Å². The van der Waals surface area contributed by atoms with Crippen molar-refractivity contribution in [3.8, 4) is 5.69 Å². The van der Waals surface area contributed by atoms with E-state index in [1.165, 1.54) is 11.1 Å². The summed E-state index contributed by atoms with van der Waals surface area (Å²) < 4.78 is 1.84. The van der Waals surface area contributed by atoms with Gasteiger partial charge in [0, 0.05) is 0 Å². The second-order valence-electron chi connectivity index (χ2n) is 3.64. The molecular formula is C11H12ClN3. The van der Waals surface area contributed by atoms with Crippen LogP contribution in [0.2, 0.25) is 5.28 Å². The number of aromatic nitrogens is 3. The molecule has 0 amide bonds. The fraction of sp³-hybridized carbons (Fsp3) is 0.273. The van der Waals surface area contributed by atoms with Crippen molar-refractivity contribution in [2.24, 2.45) is 0 Å². The molecule has 0 fully saturated rings. The van der Waals surface area contributed by atoms with Gasteiger partial charge >= 0.3 is 0 Å². The van der Waals surface area contributed by atoms with Gasteiger partial charge in [-0.15, -0.1) is 10.2 Å². The molecule has 15 heavy (non-hydrogen) atoms. The van der Waals surface area contributed by atoms with Gasteiger partial charge in [-0.05, 0) is 44.0 Å². The lowest BCUT2D eigenvalue weighted by molar-refractivity contribution is 0.960. The van der Waals surface area contributed by atoms with E-state index >= 15 is 0 Å². The predicted octanol–water partition coefficient (Wildman–Crippen LogP) is 2.85. The third-order valence-corrected chi connectivity index (χ3v) is 2.62. The minimum absolute atomic E-state index is 0.402. The number of hydrogen-bond acceptors (Lipinski definition) is 2. The van der Waals surface area contributed by atoms with E-state index in [2.05, 4.69) is 36.2 Å². The largest absolute Gasteiger partial charge is 0.270 e. The van der Waals surface area contributed by atoms with Crippen molar-refractivity contribution in [1.82, 2.24) is 14.8 Å². The van der Waals surface area contributed by atoms with Crippen molar-refractivity contribution >= 4 is 11.6 Å². The van der Waals surface area contributed by atoms with Crippen molar-refractivity contribution in [1.29, 1.82) is 0 Å².